The maximum Gasteiger partial charge on any atom is 0.336 e. The van der Waals surface area contributed by atoms with E-state index in [1.807, 2.05) is 12.1 Å². The van der Waals surface area contributed by atoms with Crippen molar-refractivity contribution >= 4 is 34.3 Å². The van der Waals surface area contributed by atoms with Crippen LogP contribution in [0.5, 0.6) is 5.75 Å². The average molecular weight is 401 g/mol. The molecule has 2 aromatic carbocycles. The number of rotatable bonds is 4. The molecule has 4 rings (SSSR count). The summed E-state index contributed by atoms with van der Waals surface area (Å²) in [6.45, 7) is 1.71. The van der Waals surface area contributed by atoms with Crippen LogP contribution in [0.4, 0.5) is 0 Å². The first-order valence-corrected chi connectivity index (χ1v) is 9.32. The van der Waals surface area contributed by atoms with Crippen molar-refractivity contribution in [2.45, 2.75) is 17.8 Å². The van der Waals surface area contributed by atoms with Crippen LogP contribution in [0.2, 0.25) is 5.02 Å². The van der Waals surface area contributed by atoms with Crippen molar-refractivity contribution in [2.24, 2.45) is 0 Å². The number of hydrogen-bond donors (Lipinski definition) is 1. The van der Waals surface area contributed by atoms with Crippen LogP contribution in [0.1, 0.15) is 11.1 Å². The van der Waals surface area contributed by atoms with E-state index in [2.05, 4.69) is 15.5 Å². The Labute approximate surface area is 162 Å². The summed E-state index contributed by atoms with van der Waals surface area (Å²) in [5.74, 6) is 0.544. The highest BCUT2D eigenvalue weighted by Gasteiger charge is 2.14. The fourth-order valence-electron chi connectivity index (χ4n) is 2.69. The highest BCUT2D eigenvalue weighted by molar-refractivity contribution is 7.98. The summed E-state index contributed by atoms with van der Waals surface area (Å²) in [4.78, 5) is 11.9. The third-order valence-electron chi connectivity index (χ3n) is 4.09. The summed E-state index contributed by atoms with van der Waals surface area (Å²) in [6.07, 6.45) is 0. The molecule has 136 valence electrons. The molecule has 0 saturated carbocycles. The number of aromatic hydroxyl groups is 1. The number of tetrazole rings is 1. The van der Waals surface area contributed by atoms with Gasteiger partial charge in [-0.3, -0.25) is 0 Å². The van der Waals surface area contributed by atoms with Gasteiger partial charge in [0.15, 0.2) is 0 Å². The summed E-state index contributed by atoms with van der Waals surface area (Å²) in [7, 11) is 0. The third-order valence-corrected chi connectivity index (χ3v) is 5.31. The minimum absolute atomic E-state index is 0.0853. The van der Waals surface area contributed by atoms with Crippen LogP contribution in [0, 0.1) is 6.92 Å². The molecule has 4 aromatic rings. The third kappa shape index (κ3) is 3.41. The highest BCUT2D eigenvalue weighted by atomic mass is 35.5. The van der Waals surface area contributed by atoms with Crippen molar-refractivity contribution in [1.82, 2.24) is 20.2 Å². The fraction of sp³-hybridized carbons (Fsp3) is 0.111. The van der Waals surface area contributed by atoms with Crippen LogP contribution < -0.4 is 5.63 Å². The first kappa shape index (κ1) is 17.6. The van der Waals surface area contributed by atoms with Crippen molar-refractivity contribution in [3.63, 3.8) is 0 Å². The van der Waals surface area contributed by atoms with E-state index in [1.54, 1.807) is 35.9 Å². The van der Waals surface area contributed by atoms with Crippen LogP contribution in [-0.2, 0) is 5.75 Å². The van der Waals surface area contributed by atoms with Crippen molar-refractivity contribution in [1.29, 1.82) is 0 Å². The Balaban J connectivity index is 1.67. The van der Waals surface area contributed by atoms with Gasteiger partial charge >= 0.3 is 5.63 Å². The molecule has 2 aromatic heterocycles. The second-order valence-corrected chi connectivity index (χ2v) is 7.19. The Morgan fingerprint density at radius 2 is 2.00 bits per heavy atom. The number of thioether (sulfide) groups is 1. The van der Waals surface area contributed by atoms with Crippen LogP contribution in [0.25, 0.3) is 16.7 Å². The minimum atomic E-state index is -0.468. The maximum atomic E-state index is 11.9. The van der Waals surface area contributed by atoms with E-state index in [0.717, 1.165) is 16.6 Å². The summed E-state index contributed by atoms with van der Waals surface area (Å²) < 4.78 is 6.88. The Bertz CT molecular complexity index is 1190. The first-order valence-electron chi connectivity index (χ1n) is 7.95. The zero-order valence-corrected chi connectivity index (χ0v) is 15.7. The zero-order valence-electron chi connectivity index (χ0n) is 14.1. The topological polar surface area (TPSA) is 94.0 Å². The number of fused-ring (bicyclic) bond motifs is 1. The van der Waals surface area contributed by atoms with Crippen molar-refractivity contribution in [2.75, 3.05) is 0 Å². The monoisotopic (exact) mass is 400 g/mol. The molecule has 0 atom stereocenters. The molecule has 27 heavy (non-hydrogen) atoms. The number of halogens is 1. The summed E-state index contributed by atoms with van der Waals surface area (Å²) >= 11 is 7.32. The smallest absolute Gasteiger partial charge is 0.336 e. The van der Waals surface area contributed by atoms with E-state index < -0.39 is 5.63 Å². The van der Waals surface area contributed by atoms with Gasteiger partial charge < -0.3 is 9.52 Å². The number of hydrogen-bond acceptors (Lipinski definition) is 7. The van der Waals surface area contributed by atoms with E-state index in [-0.39, 0.29) is 5.75 Å². The molecule has 0 aliphatic carbocycles. The Hall–Kier alpha value is -2.84. The van der Waals surface area contributed by atoms with Crippen LogP contribution in [0.15, 0.2) is 56.8 Å². The second kappa shape index (κ2) is 7.05. The van der Waals surface area contributed by atoms with Gasteiger partial charge in [-0.25, -0.2) is 4.79 Å². The van der Waals surface area contributed by atoms with Crippen LogP contribution >= 0.6 is 23.4 Å². The van der Waals surface area contributed by atoms with E-state index in [9.17, 15) is 9.90 Å². The van der Waals surface area contributed by atoms with Gasteiger partial charge in [0.05, 0.1) is 5.69 Å². The Kier molecular flexibility index (Phi) is 4.59. The SMILES string of the molecule is Cc1c(O)ccc2c(CSc3nnnn3-c3ccc(Cl)cc3)cc(=O)oc12. The van der Waals surface area contributed by atoms with E-state index in [1.165, 1.54) is 17.8 Å². The van der Waals surface area contributed by atoms with Gasteiger partial charge in [0.1, 0.15) is 11.3 Å². The molecule has 7 nitrogen and oxygen atoms in total. The van der Waals surface area contributed by atoms with E-state index in [4.69, 9.17) is 16.0 Å². The predicted molar refractivity (Wildman–Crippen MR) is 103 cm³/mol. The quantitative estimate of drug-likeness (QED) is 0.412. The van der Waals surface area contributed by atoms with E-state index in [0.29, 0.717) is 27.1 Å². The maximum absolute atomic E-state index is 11.9. The molecular weight excluding hydrogens is 388 g/mol. The van der Waals surface area contributed by atoms with Gasteiger partial charge in [-0.1, -0.05) is 23.4 Å². The largest absolute Gasteiger partial charge is 0.508 e. The molecule has 0 spiro atoms. The number of aryl methyl sites for hydroxylation is 1. The highest BCUT2D eigenvalue weighted by Crippen LogP contribution is 2.30. The molecule has 0 bridgehead atoms. The lowest BCUT2D eigenvalue weighted by Crippen LogP contribution is -2.02. The lowest BCUT2D eigenvalue weighted by Gasteiger charge is -2.08. The van der Waals surface area contributed by atoms with Gasteiger partial charge in [-0.2, -0.15) is 4.68 Å². The van der Waals surface area contributed by atoms with Gasteiger partial charge in [-0.05, 0) is 59.3 Å². The van der Waals surface area contributed by atoms with Crippen molar-refractivity contribution < 1.29 is 9.52 Å². The molecular formula is C18H13ClN4O3S. The lowest BCUT2D eigenvalue weighted by molar-refractivity contribution is 0.468. The number of phenolic OH excluding ortho intramolecular Hbond substituents is 1. The molecule has 0 saturated heterocycles. The summed E-state index contributed by atoms with van der Waals surface area (Å²) in [5, 5.41) is 23.6. The van der Waals surface area contributed by atoms with Gasteiger partial charge in [-0.15, -0.1) is 5.10 Å². The molecule has 0 aliphatic rings. The summed E-state index contributed by atoms with van der Waals surface area (Å²) in [6, 6.07) is 11.9. The van der Waals surface area contributed by atoms with Gasteiger partial charge in [0, 0.05) is 27.8 Å². The normalized spacial score (nSPS) is 11.2. The van der Waals surface area contributed by atoms with Crippen LogP contribution in [0.3, 0.4) is 0 Å². The molecule has 0 unspecified atom stereocenters. The van der Waals surface area contributed by atoms with Crippen molar-refractivity contribution in [3.8, 4) is 11.4 Å². The number of benzene rings is 2. The number of nitrogens with zero attached hydrogens (tertiary/aromatic N) is 4. The lowest BCUT2D eigenvalue weighted by atomic mass is 10.1. The fourth-order valence-corrected chi connectivity index (χ4v) is 3.70. The standard InChI is InChI=1S/C18H13ClN4O3S/c1-10-15(24)7-6-14-11(8-16(25)26-17(10)14)9-27-18-20-21-22-23(18)13-4-2-12(19)3-5-13/h2-8,24H,9H2,1H3. The van der Waals surface area contributed by atoms with Gasteiger partial charge in [0.25, 0.3) is 0 Å². The number of aromatic nitrogens is 4. The molecule has 2 heterocycles. The average Bonchev–Trinajstić information content (AvgIpc) is 3.12. The van der Waals surface area contributed by atoms with Crippen LogP contribution in [-0.4, -0.2) is 25.3 Å². The van der Waals surface area contributed by atoms with Crippen molar-refractivity contribution in [3.05, 3.63) is 69.0 Å². The Morgan fingerprint density at radius 1 is 1.22 bits per heavy atom. The first-order chi connectivity index (χ1) is 13.0. The predicted octanol–water partition coefficient (Wildman–Crippen LogP) is 3.73. The second-order valence-electron chi connectivity index (χ2n) is 5.82. The molecule has 0 amide bonds. The van der Waals surface area contributed by atoms with E-state index >= 15 is 0 Å². The summed E-state index contributed by atoms with van der Waals surface area (Å²) in [5.41, 5.74) is 2.01. The number of phenols is 1. The molecule has 0 aliphatic heterocycles. The molecule has 9 heteroatoms. The van der Waals surface area contributed by atoms with Gasteiger partial charge in [0.2, 0.25) is 5.16 Å². The minimum Gasteiger partial charge on any atom is -0.508 e. The molecule has 0 fully saturated rings. The molecule has 1 N–H and O–H groups in total. The molecule has 0 radical (unpaired) electrons. The Morgan fingerprint density at radius 3 is 2.78 bits per heavy atom. The zero-order chi connectivity index (χ0) is 19.0.